The molecule has 1 atom stereocenters. The van der Waals surface area contributed by atoms with Crippen LogP contribution in [0.2, 0.25) is 0 Å². The number of aryl methyl sites for hydroxylation is 1. The lowest BCUT2D eigenvalue weighted by atomic mass is 10.1. The Morgan fingerprint density at radius 2 is 2.17 bits per heavy atom. The topological polar surface area (TPSA) is 101 Å². The molecule has 0 spiro atoms. The van der Waals surface area contributed by atoms with E-state index in [-0.39, 0.29) is 5.91 Å². The van der Waals surface area contributed by atoms with Crippen molar-refractivity contribution >= 4 is 11.6 Å². The molecule has 6 heteroatoms. The molecule has 2 aromatic rings. The van der Waals surface area contributed by atoms with Crippen molar-refractivity contribution < 1.29 is 9.53 Å². The van der Waals surface area contributed by atoms with Crippen LogP contribution in [0.5, 0.6) is 11.6 Å². The van der Waals surface area contributed by atoms with E-state index in [1.807, 2.05) is 19.9 Å². The number of nitrogens with zero attached hydrogens (tertiary/aromatic N) is 2. The van der Waals surface area contributed by atoms with E-state index in [4.69, 9.17) is 15.7 Å². The van der Waals surface area contributed by atoms with Crippen LogP contribution in [-0.2, 0) is 11.2 Å². The largest absolute Gasteiger partial charge is 0.439 e. The van der Waals surface area contributed by atoms with Crippen molar-refractivity contribution in [2.24, 2.45) is 5.73 Å². The zero-order valence-electron chi connectivity index (χ0n) is 13.7. The lowest BCUT2D eigenvalue weighted by molar-refractivity contribution is -0.117. The van der Waals surface area contributed by atoms with Gasteiger partial charge in [0, 0.05) is 6.07 Å². The summed E-state index contributed by atoms with van der Waals surface area (Å²) in [7, 11) is 0. The first-order chi connectivity index (χ1) is 11.6. The fraction of sp³-hybridized carbons (Fsp3) is 0.278. The van der Waals surface area contributed by atoms with Crippen molar-refractivity contribution in [2.45, 2.75) is 32.7 Å². The molecule has 6 nitrogen and oxygen atoms in total. The Bertz CT molecular complexity index is 751. The van der Waals surface area contributed by atoms with Gasteiger partial charge in [-0.3, -0.25) is 4.79 Å². The molecule has 0 fully saturated rings. The van der Waals surface area contributed by atoms with E-state index in [2.05, 4.69) is 16.4 Å². The fourth-order valence-electron chi connectivity index (χ4n) is 2.09. The van der Waals surface area contributed by atoms with Crippen molar-refractivity contribution in [3.8, 4) is 17.7 Å². The summed E-state index contributed by atoms with van der Waals surface area (Å²) in [5.41, 5.74) is 7.79. The molecule has 0 aliphatic heterocycles. The van der Waals surface area contributed by atoms with E-state index < -0.39 is 6.04 Å². The highest BCUT2D eigenvalue weighted by Gasteiger charge is 2.11. The normalized spacial score (nSPS) is 11.4. The van der Waals surface area contributed by atoms with Crippen LogP contribution in [0.3, 0.4) is 0 Å². The number of benzene rings is 1. The number of hydrogen-bond donors (Lipinski definition) is 2. The fourth-order valence-corrected chi connectivity index (χ4v) is 2.09. The van der Waals surface area contributed by atoms with Crippen LogP contribution in [0.25, 0.3) is 0 Å². The van der Waals surface area contributed by atoms with Gasteiger partial charge in [0.25, 0.3) is 0 Å². The highest BCUT2D eigenvalue weighted by molar-refractivity contribution is 5.94. The molecule has 0 aliphatic rings. The molecular formula is C18H20N4O2. The minimum absolute atomic E-state index is 0.243. The molecule has 1 heterocycles. The smallest absolute Gasteiger partial charge is 0.241 e. The van der Waals surface area contributed by atoms with Crippen LogP contribution in [0.15, 0.2) is 36.5 Å². The highest BCUT2D eigenvalue weighted by atomic mass is 16.5. The minimum Gasteiger partial charge on any atom is -0.439 e. The number of carbonyl (C=O) groups excluding carboxylic acids is 1. The molecule has 0 saturated carbocycles. The lowest BCUT2D eigenvalue weighted by Crippen LogP contribution is -2.34. The molecular weight excluding hydrogens is 304 g/mol. The number of nitrogens with one attached hydrogen (secondary N) is 1. The van der Waals surface area contributed by atoms with Crippen molar-refractivity contribution in [3.05, 3.63) is 47.7 Å². The molecule has 0 saturated heterocycles. The summed E-state index contributed by atoms with van der Waals surface area (Å²) in [4.78, 5) is 15.9. The SMILES string of the molecule is CCc1cc(Oc2ccc(NC(=O)[C@H](N)CC)cn2)ccc1C#N. The Labute approximate surface area is 141 Å². The Hall–Kier alpha value is -2.91. The second-order valence-corrected chi connectivity index (χ2v) is 5.28. The zero-order chi connectivity index (χ0) is 17.5. The number of rotatable bonds is 6. The van der Waals surface area contributed by atoms with Crippen molar-refractivity contribution in [2.75, 3.05) is 5.32 Å². The first-order valence-corrected chi connectivity index (χ1v) is 7.80. The third-order valence-electron chi connectivity index (χ3n) is 3.58. The maximum atomic E-state index is 11.7. The van der Waals surface area contributed by atoms with E-state index in [0.717, 1.165) is 12.0 Å². The van der Waals surface area contributed by atoms with Gasteiger partial charge in [0.1, 0.15) is 5.75 Å². The van der Waals surface area contributed by atoms with Gasteiger partial charge in [0.05, 0.1) is 29.6 Å². The number of carbonyl (C=O) groups is 1. The standard InChI is InChI=1S/C18H20N4O2/c1-3-12-9-15(7-5-13(12)10-19)24-17-8-6-14(11-21-17)22-18(23)16(20)4-2/h5-9,11,16H,3-4,20H2,1-2H3,(H,22,23)/t16-/m1/s1. The van der Waals surface area contributed by atoms with Gasteiger partial charge in [-0.25, -0.2) is 4.98 Å². The zero-order valence-corrected chi connectivity index (χ0v) is 13.7. The van der Waals surface area contributed by atoms with Gasteiger partial charge >= 0.3 is 0 Å². The maximum Gasteiger partial charge on any atom is 0.241 e. The quantitative estimate of drug-likeness (QED) is 0.850. The van der Waals surface area contributed by atoms with E-state index in [1.54, 1.807) is 24.3 Å². The molecule has 1 amide bonds. The molecule has 1 aromatic heterocycles. The van der Waals surface area contributed by atoms with Crippen LogP contribution in [-0.4, -0.2) is 16.9 Å². The van der Waals surface area contributed by atoms with Gasteiger partial charge in [0.2, 0.25) is 11.8 Å². The summed E-state index contributed by atoms with van der Waals surface area (Å²) in [6, 6.07) is 10.3. The number of ether oxygens (including phenoxy) is 1. The number of amides is 1. The van der Waals surface area contributed by atoms with Gasteiger partial charge in [-0.05, 0) is 42.7 Å². The Morgan fingerprint density at radius 1 is 1.38 bits per heavy atom. The first kappa shape index (κ1) is 17.4. The highest BCUT2D eigenvalue weighted by Crippen LogP contribution is 2.23. The third kappa shape index (κ3) is 4.31. The van der Waals surface area contributed by atoms with Gasteiger partial charge in [0.15, 0.2) is 0 Å². The molecule has 0 radical (unpaired) electrons. The Morgan fingerprint density at radius 3 is 2.75 bits per heavy atom. The molecule has 1 aromatic carbocycles. The van der Waals surface area contributed by atoms with E-state index in [0.29, 0.717) is 29.3 Å². The summed E-state index contributed by atoms with van der Waals surface area (Å²) >= 11 is 0. The predicted molar refractivity (Wildman–Crippen MR) is 91.7 cm³/mol. The first-order valence-electron chi connectivity index (χ1n) is 7.80. The summed E-state index contributed by atoms with van der Waals surface area (Å²) in [5.74, 6) is 0.773. The second kappa shape index (κ2) is 8.09. The Kier molecular flexibility index (Phi) is 5.88. The number of pyridine rings is 1. The summed E-state index contributed by atoms with van der Waals surface area (Å²) < 4.78 is 5.69. The molecule has 2 rings (SSSR count). The van der Waals surface area contributed by atoms with Crippen LogP contribution < -0.4 is 15.8 Å². The molecule has 3 N–H and O–H groups in total. The summed E-state index contributed by atoms with van der Waals surface area (Å²) in [5, 5.41) is 11.7. The van der Waals surface area contributed by atoms with Gasteiger partial charge < -0.3 is 15.8 Å². The van der Waals surface area contributed by atoms with Crippen molar-refractivity contribution in [3.63, 3.8) is 0 Å². The van der Waals surface area contributed by atoms with Gasteiger partial charge in [-0.15, -0.1) is 0 Å². The van der Waals surface area contributed by atoms with Crippen LogP contribution in [0.4, 0.5) is 5.69 Å². The monoisotopic (exact) mass is 324 g/mol. The predicted octanol–water partition coefficient (Wildman–Crippen LogP) is 2.98. The lowest BCUT2D eigenvalue weighted by Gasteiger charge is -2.11. The van der Waals surface area contributed by atoms with Crippen molar-refractivity contribution in [1.82, 2.24) is 4.98 Å². The number of anilines is 1. The van der Waals surface area contributed by atoms with E-state index >= 15 is 0 Å². The summed E-state index contributed by atoms with van der Waals surface area (Å²) in [6.45, 7) is 3.83. The minimum atomic E-state index is -0.535. The average Bonchev–Trinajstić information content (AvgIpc) is 2.62. The van der Waals surface area contributed by atoms with Crippen LogP contribution in [0, 0.1) is 11.3 Å². The van der Waals surface area contributed by atoms with E-state index in [1.165, 1.54) is 6.20 Å². The third-order valence-corrected chi connectivity index (χ3v) is 3.58. The van der Waals surface area contributed by atoms with Gasteiger partial charge in [-0.2, -0.15) is 5.26 Å². The number of aromatic nitrogens is 1. The number of nitriles is 1. The Balaban J connectivity index is 2.07. The van der Waals surface area contributed by atoms with Gasteiger partial charge in [-0.1, -0.05) is 13.8 Å². The summed E-state index contributed by atoms with van der Waals surface area (Å²) in [6.07, 6.45) is 2.83. The number of hydrogen-bond acceptors (Lipinski definition) is 5. The van der Waals surface area contributed by atoms with Crippen LogP contribution >= 0.6 is 0 Å². The van der Waals surface area contributed by atoms with Crippen molar-refractivity contribution in [1.29, 1.82) is 5.26 Å². The average molecular weight is 324 g/mol. The maximum absolute atomic E-state index is 11.7. The number of nitrogens with two attached hydrogens (primary N) is 1. The van der Waals surface area contributed by atoms with Crippen LogP contribution in [0.1, 0.15) is 31.4 Å². The molecule has 124 valence electrons. The molecule has 24 heavy (non-hydrogen) atoms. The molecule has 0 unspecified atom stereocenters. The second-order valence-electron chi connectivity index (χ2n) is 5.28. The molecule has 0 bridgehead atoms. The molecule has 0 aliphatic carbocycles. The van der Waals surface area contributed by atoms with E-state index in [9.17, 15) is 4.79 Å².